The van der Waals surface area contributed by atoms with Crippen LogP contribution in [0.4, 0.5) is 0 Å². The maximum absolute atomic E-state index is 12.8. The molecule has 0 bridgehead atoms. The number of thiazole rings is 1. The molecular formula is C18H20N2O4S. The molecule has 2 N–H and O–H groups in total. The van der Waals surface area contributed by atoms with Crippen LogP contribution in [-0.2, 0) is 10.3 Å². The molecule has 0 radical (unpaired) electrons. The lowest BCUT2D eigenvalue weighted by Crippen LogP contribution is -2.43. The highest BCUT2D eigenvalue weighted by molar-refractivity contribution is 7.09. The minimum Gasteiger partial charge on any atom is -0.482 e. The van der Waals surface area contributed by atoms with Crippen LogP contribution in [0.2, 0.25) is 0 Å². The Morgan fingerprint density at radius 2 is 2.12 bits per heavy atom. The van der Waals surface area contributed by atoms with Crippen molar-refractivity contribution < 1.29 is 19.4 Å². The van der Waals surface area contributed by atoms with Gasteiger partial charge in [-0.05, 0) is 38.0 Å². The molecule has 0 spiro atoms. The molecule has 1 aliphatic carbocycles. The highest BCUT2D eigenvalue weighted by atomic mass is 32.1. The zero-order chi connectivity index (χ0) is 17.9. The minimum atomic E-state index is -1.06. The quantitative estimate of drug-likeness (QED) is 0.826. The smallest absolute Gasteiger partial charge is 0.341 e. The molecule has 25 heavy (non-hydrogen) atoms. The van der Waals surface area contributed by atoms with Gasteiger partial charge in [-0.25, -0.2) is 9.78 Å². The zero-order valence-corrected chi connectivity index (χ0v) is 14.8. The number of amides is 1. The molecule has 1 saturated carbocycles. The molecule has 3 rings (SSSR count). The van der Waals surface area contributed by atoms with Gasteiger partial charge in [0, 0.05) is 16.6 Å². The number of hydrogen-bond donors (Lipinski definition) is 2. The zero-order valence-electron chi connectivity index (χ0n) is 13.9. The molecule has 1 aromatic heterocycles. The van der Waals surface area contributed by atoms with Gasteiger partial charge >= 0.3 is 5.97 Å². The first-order valence-electron chi connectivity index (χ1n) is 8.18. The second kappa shape index (κ2) is 7.23. The standard InChI is InChI=1S/C18H20N2O4S/c1-12-11-25-17(19-12)18(7-2-3-8-18)20-16(23)13-5-4-6-14(9-13)24-10-15(21)22/h4-6,9,11H,2-3,7-8,10H2,1H3,(H,20,23)(H,21,22). The molecule has 1 amide bonds. The van der Waals surface area contributed by atoms with Crippen LogP contribution in [0, 0.1) is 6.92 Å². The largest absolute Gasteiger partial charge is 0.482 e. The van der Waals surface area contributed by atoms with Crippen molar-refractivity contribution in [1.29, 1.82) is 0 Å². The summed E-state index contributed by atoms with van der Waals surface area (Å²) in [5, 5.41) is 14.8. The average molecular weight is 360 g/mol. The van der Waals surface area contributed by atoms with Crippen molar-refractivity contribution in [2.24, 2.45) is 0 Å². The molecule has 1 aliphatic rings. The highest BCUT2D eigenvalue weighted by Crippen LogP contribution is 2.40. The molecule has 0 unspecified atom stereocenters. The highest BCUT2D eigenvalue weighted by Gasteiger charge is 2.39. The van der Waals surface area contributed by atoms with Gasteiger partial charge in [0.15, 0.2) is 6.61 Å². The summed E-state index contributed by atoms with van der Waals surface area (Å²) in [7, 11) is 0. The van der Waals surface area contributed by atoms with E-state index < -0.39 is 18.1 Å². The van der Waals surface area contributed by atoms with E-state index in [0.29, 0.717) is 11.3 Å². The normalized spacial score (nSPS) is 15.7. The minimum absolute atomic E-state index is 0.199. The lowest BCUT2D eigenvalue weighted by Gasteiger charge is -2.28. The first-order valence-corrected chi connectivity index (χ1v) is 9.06. The van der Waals surface area contributed by atoms with E-state index in [2.05, 4.69) is 10.3 Å². The number of aromatic nitrogens is 1. The summed E-state index contributed by atoms with van der Waals surface area (Å²) in [5.41, 5.74) is 1.00. The second-order valence-corrected chi connectivity index (χ2v) is 7.11. The van der Waals surface area contributed by atoms with E-state index in [1.807, 2.05) is 12.3 Å². The molecule has 1 aromatic carbocycles. The molecule has 132 valence electrons. The predicted octanol–water partition coefficient (Wildman–Crippen LogP) is 3.11. The van der Waals surface area contributed by atoms with Gasteiger partial charge in [-0.3, -0.25) is 4.79 Å². The summed E-state index contributed by atoms with van der Waals surface area (Å²) >= 11 is 1.58. The third kappa shape index (κ3) is 3.99. The molecule has 1 heterocycles. The summed E-state index contributed by atoms with van der Waals surface area (Å²) < 4.78 is 5.15. The lowest BCUT2D eigenvalue weighted by molar-refractivity contribution is -0.139. The molecule has 0 saturated heterocycles. The van der Waals surface area contributed by atoms with E-state index in [1.54, 1.807) is 35.6 Å². The Labute approximate surface area is 149 Å². The first-order chi connectivity index (χ1) is 12.0. The Bertz CT molecular complexity index is 781. The predicted molar refractivity (Wildman–Crippen MR) is 94.0 cm³/mol. The Hall–Kier alpha value is -2.41. The van der Waals surface area contributed by atoms with Crippen molar-refractivity contribution >= 4 is 23.2 Å². The Morgan fingerprint density at radius 1 is 1.36 bits per heavy atom. The number of aryl methyl sites for hydroxylation is 1. The van der Waals surface area contributed by atoms with Crippen LogP contribution in [0.25, 0.3) is 0 Å². The molecule has 0 aliphatic heterocycles. The molecule has 6 nitrogen and oxygen atoms in total. The van der Waals surface area contributed by atoms with Gasteiger partial charge in [0.05, 0.1) is 5.54 Å². The van der Waals surface area contributed by atoms with Crippen LogP contribution in [0.1, 0.15) is 46.7 Å². The second-order valence-electron chi connectivity index (χ2n) is 6.25. The number of carbonyl (C=O) groups is 2. The van der Waals surface area contributed by atoms with Crippen LogP contribution in [0.15, 0.2) is 29.6 Å². The summed E-state index contributed by atoms with van der Waals surface area (Å²) in [6, 6.07) is 6.57. The van der Waals surface area contributed by atoms with Crippen molar-refractivity contribution in [1.82, 2.24) is 10.3 Å². The van der Waals surface area contributed by atoms with Crippen molar-refractivity contribution in [2.45, 2.75) is 38.1 Å². The summed E-state index contributed by atoms with van der Waals surface area (Å²) in [5.74, 6) is -0.893. The van der Waals surface area contributed by atoms with E-state index >= 15 is 0 Å². The average Bonchev–Trinajstić information content (AvgIpc) is 3.23. The van der Waals surface area contributed by atoms with Gasteiger partial charge < -0.3 is 15.2 Å². The van der Waals surface area contributed by atoms with Gasteiger partial charge in [0.2, 0.25) is 0 Å². The van der Waals surface area contributed by atoms with E-state index in [-0.39, 0.29) is 5.91 Å². The molecule has 0 atom stereocenters. The van der Waals surface area contributed by atoms with Gasteiger partial charge in [0.1, 0.15) is 10.8 Å². The summed E-state index contributed by atoms with van der Waals surface area (Å²) in [6.07, 6.45) is 3.86. The number of carbonyl (C=O) groups excluding carboxylic acids is 1. The number of rotatable bonds is 6. The third-order valence-electron chi connectivity index (χ3n) is 4.30. The van der Waals surface area contributed by atoms with Crippen LogP contribution in [0.3, 0.4) is 0 Å². The fraction of sp³-hybridized carbons (Fsp3) is 0.389. The fourth-order valence-electron chi connectivity index (χ4n) is 3.11. The summed E-state index contributed by atoms with van der Waals surface area (Å²) in [4.78, 5) is 28.0. The molecular weight excluding hydrogens is 340 g/mol. The Morgan fingerprint density at radius 3 is 2.76 bits per heavy atom. The van der Waals surface area contributed by atoms with E-state index in [4.69, 9.17) is 9.84 Å². The Kier molecular flexibility index (Phi) is 5.03. The number of nitrogens with one attached hydrogen (secondary N) is 1. The maximum atomic E-state index is 12.8. The fourth-order valence-corrected chi connectivity index (χ4v) is 4.12. The number of ether oxygens (including phenoxy) is 1. The lowest BCUT2D eigenvalue weighted by atomic mass is 9.97. The van der Waals surface area contributed by atoms with E-state index in [9.17, 15) is 9.59 Å². The van der Waals surface area contributed by atoms with Crippen molar-refractivity contribution in [3.05, 3.63) is 45.9 Å². The van der Waals surface area contributed by atoms with Crippen LogP contribution >= 0.6 is 11.3 Å². The number of carboxylic acids is 1. The third-order valence-corrected chi connectivity index (χ3v) is 5.46. The molecule has 7 heteroatoms. The summed E-state index contributed by atoms with van der Waals surface area (Å²) in [6.45, 7) is 1.52. The van der Waals surface area contributed by atoms with Gasteiger partial charge in [-0.2, -0.15) is 0 Å². The van der Waals surface area contributed by atoms with Gasteiger partial charge in [-0.15, -0.1) is 11.3 Å². The number of aliphatic carboxylic acids is 1. The van der Waals surface area contributed by atoms with Crippen LogP contribution in [-0.4, -0.2) is 28.6 Å². The van der Waals surface area contributed by atoms with Crippen LogP contribution in [0.5, 0.6) is 5.75 Å². The van der Waals surface area contributed by atoms with Crippen molar-refractivity contribution in [3.63, 3.8) is 0 Å². The SMILES string of the molecule is Cc1csc(C2(NC(=O)c3cccc(OCC(=O)O)c3)CCCC2)n1. The van der Waals surface area contributed by atoms with Gasteiger partial charge in [-0.1, -0.05) is 18.9 Å². The topological polar surface area (TPSA) is 88.5 Å². The van der Waals surface area contributed by atoms with Crippen molar-refractivity contribution in [2.75, 3.05) is 6.61 Å². The maximum Gasteiger partial charge on any atom is 0.341 e. The van der Waals surface area contributed by atoms with Crippen molar-refractivity contribution in [3.8, 4) is 5.75 Å². The number of benzene rings is 1. The first kappa shape index (κ1) is 17.4. The number of nitrogens with zero attached hydrogens (tertiary/aromatic N) is 1. The van der Waals surface area contributed by atoms with E-state index in [0.717, 1.165) is 36.4 Å². The van der Waals surface area contributed by atoms with Gasteiger partial charge in [0.25, 0.3) is 5.91 Å². The Balaban J connectivity index is 1.78. The number of carboxylic acid groups (broad SMARTS) is 1. The van der Waals surface area contributed by atoms with E-state index in [1.165, 1.54) is 0 Å². The monoisotopic (exact) mass is 360 g/mol. The number of hydrogen-bond acceptors (Lipinski definition) is 5. The van der Waals surface area contributed by atoms with Crippen LogP contribution < -0.4 is 10.1 Å². The molecule has 2 aromatic rings. The molecule has 1 fully saturated rings.